The lowest BCUT2D eigenvalue weighted by Gasteiger charge is -2.20. The van der Waals surface area contributed by atoms with Gasteiger partial charge in [-0.1, -0.05) is 251 Å². The molecule has 6 heteroatoms. The number of aliphatic hydroxyl groups is 2. The monoisotopic (exact) mass is 820 g/mol. The Balaban J connectivity index is 3.51. The Bertz CT molecular complexity index is 863. The highest BCUT2D eigenvalue weighted by atomic mass is 16.5. The predicted molar refractivity (Wildman–Crippen MR) is 250 cm³/mol. The molecule has 344 valence electrons. The maximum absolute atomic E-state index is 12.4. The molecule has 6 nitrogen and oxygen atoms in total. The molecule has 0 heterocycles. The molecule has 0 bridgehead atoms. The second-order valence-corrected chi connectivity index (χ2v) is 17.9. The molecule has 58 heavy (non-hydrogen) atoms. The number of allylic oxidation sites excluding steroid dienone is 1. The number of esters is 1. The molecule has 0 aliphatic heterocycles. The van der Waals surface area contributed by atoms with E-state index in [9.17, 15) is 19.8 Å². The maximum atomic E-state index is 12.4. The molecule has 0 saturated carbocycles. The minimum Gasteiger partial charge on any atom is -0.466 e. The number of nitrogens with one attached hydrogen (secondary N) is 1. The molecule has 0 rings (SSSR count). The minimum atomic E-state index is -0.860. The van der Waals surface area contributed by atoms with Gasteiger partial charge in [0.05, 0.1) is 25.4 Å². The molecule has 0 radical (unpaired) electrons. The highest BCUT2D eigenvalue weighted by Crippen LogP contribution is 2.16. The van der Waals surface area contributed by atoms with Gasteiger partial charge < -0.3 is 20.3 Å². The van der Waals surface area contributed by atoms with Gasteiger partial charge >= 0.3 is 5.97 Å². The summed E-state index contributed by atoms with van der Waals surface area (Å²) < 4.78 is 5.45. The summed E-state index contributed by atoms with van der Waals surface area (Å²) in [5.41, 5.74) is 0. The van der Waals surface area contributed by atoms with E-state index < -0.39 is 12.1 Å². The van der Waals surface area contributed by atoms with Gasteiger partial charge in [-0.25, -0.2) is 0 Å². The molecule has 0 aromatic rings. The molecular weight excluding hydrogens is 719 g/mol. The first-order valence-electron chi connectivity index (χ1n) is 26.0. The number of amides is 1. The van der Waals surface area contributed by atoms with E-state index in [2.05, 4.69) is 19.2 Å². The lowest BCUT2D eigenvalue weighted by atomic mass is 10.0. The van der Waals surface area contributed by atoms with Gasteiger partial charge in [-0.15, -0.1) is 0 Å². The van der Waals surface area contributed by atoms with E-state index in [1.165, 1.54) is 199 Å². The molecule has 0 aromatic carbocycles. The summed E-state index contributed by atoms with van der Waals surface area (Å²) in [6.07, 6.45) is 54.9. The topological polar surface area (TPSA) is 95.9 Å². The molecule has 0 fully saturated rings. The molecule has 0 saturated heterocycles. The Morgan fingerprint density at radius 1 is 0.466 bits per heavy atom. The van der Waals surface area contributed by atoms with Gasteiger partial charge in [0, 0.05) is 12.8 Å². The summed E-state index contributed by atoms with van der Waals surface area (Å²) in [6.45, 7) is 4.85. The van der Waals surface area contributed by atoms with Gasteiger partial charge in [0.2, 0.25) is 5.91 Å². The molecule has 0 aromatic heterocycles. The van der Waals surface area contributed by atoms with Crippen molar-refractivity contribution < 1.29 is 24.5 Å². The van der Waals surface area contributed by atoms with Gasteiger partial charge in [-0.05, 0) is 32.1 Å². The van der Waals surface area contributed by atoms with Crippen molar-refractivity contribution in [3.63, 3.8) is 0 Å². The van der Waals surface area contributed by atoms with Crippen LogP contribution in [0, 0.1) is 0 Å². The first kappa shape index (κ1) is 56.6. The zero-order chi connectivity index (χ0) is 42.3. The third kappa shape index (κ3) is 44.2. The van der Waals surface area contributed by atoms with Gasteiger partial charge in [0.25, 0.3) is 0 Å². The number of rotatable bonds is 48. The molecule has 3 N–H and O–H groups in total. The van der Waals surface area contributed by atoms with Crippen molar-refractivity contribution in [2.24, 2.45) is 0 Å². The van der Waals surface area contributed by atoms with Gasteiger partial charge in [0.15, 0.2) is 0 Å². The first-order chi connectivity index (χ1) is 28.5. The number of carbonyl (C=O) groups is 2. The summed E-state index contributed by atoms with van der Waals surface area (Å²) in [6, 6.07) is -0.646. The quantitative estimate of drug-likeness (QED) is 0.0323. The van der Waals surface area contributed by atoms with Crippen LogP contribution in [-0.4, -0.2) is 47.4 Å². The summed E-state index contributed by atoms with van der Waals surface area (Å²) in [5.74, 6) is -0.117. The summed E-state index contributed by atoms with van der Waals surface area (Å²) >= 11 is 0. The molecule has 0 aliphatic carbocycles. The van der Waals surface area contributed by atoms with Gasteiger partial charge in [-0.3, -0.25) is 9.59 Å². The van der Waals surface area contributed by atoms with E-state index in [0.29, 0.717) is 19.4 Å². The number of aliphatic hydroxyl groups excluding tert-OH is 2. The number of ether oxygens (including phenoxy) is 1. The van der Waals surface area contributed by atoms with Crippen molar-refractivity contribution in [2.45, 2.75) is 296 Å². The largest absolute Gasteiger partial charge is 0.466 e. The van der Waals surface area contributed by atoms with Gasteiger partial charge in [-0.2, -0.15) is 0 Å². The van der Waals surface area contributed by atoms with Crippen molar-refractivity contribution >= 4 is 11.9 Å². The average Bonchev–Trinajstić information content (AvgIpc) is 3.22. The van der Waals surface area contributed by atoms with Crippen LogP contribution in [0.4, 0.5) is 0 Å². The second-order valence-electron chi connectivity index (χ2n) is 17.9. The minimum absolute atomic E-state index is 0.0241. The lowest BCUT2D eigenvalue weighted by molar-refractivity contribution is -0.143. The predicted octanol–water partition coefficient (Wildman–Crippen LogP) is 15.3. The highest BCUT2D eigenvalue weighted by Gasteiger charge is 2.18. The van der Waals surface area contributed by atoms with Gasteiger partial charge in [0.1, 0.15) is 0 Å². The van der Waals surface area contributed by atoms with E-state index in [0.717, 1.165) is 57.8 Å². The fourth-order valence-electron chi connectivity index (χ4n) is 8.05. The van der Waals surface area contributed by atoms with E-state index in [1.807, 2.05) is 6.08 Å². The molecule has 0 aliphatic rings. The van der Waals surface area contributed by atoms with Crippen molar-refractivity contribution in [1.29, 1.82) is 0 Å². The highest BCUT2D eigenvalue weighted by molar-refractivity contribution is 5.76. The molecule has 2 unspecified atom stereocenters. The molecule has 0 spiro atoms. The van der Waals surface area contributed by atoms with Crippen LogP contribution in [0.3, 0.4) is 0 Å². The Morgan fingerprint density at radius 2 is 0.793 bits per heavy atom. The fourth-order valence-corrected chi connectivity index (χ4v) is 8.05. The van der Waals surface area contributed by atoms with Crippen LogP contribution >= 0.6 is 0 Å². The zero-order valence-corrected chi connectivity index (χ0v) is 39.0. The molecular formula is C52H101NO5. The van der Waals surface area contributed by atoms with Crippen molar-refractivity contribution in [2.75, 3.05) is 13.2 Å². The smallest absolute Gasteiger partial charge is 0.305 e. The normalized spacial score (nSPS) is 12.7. The van der Waals surface area contributed by atoms with Crippen LogP contribution in [0.15, 0.2) is 12.2 Å². The van der Waals surface area contributed by atoms with Crippen LogP contribution < -0.4 is 5.32 Å². The zero-order valence-electron chi connectivity index (χ0n) is 39.0. The number of hydrogen-bond acceptors (Lipinski definition) is 5. The molecule has 1 amide bonds. The van der Waals surface area contributed by atoms with Crippen LogP contribution in [-0.2, 0) is 14.3 Å². The summed E-state index contributed by atoms with van der Waals surface area (Å²) in [4.78, 5) is 24.5. The third-order valence-electron chi connectivity index (χ3n) is 12.1. The Labute approximate surface area is 361 Å². The average molecular weight is 820 g/mol. The maximum Gasteiger partial charge on any atom is 0.305 e. The Kier molecular flexibility index (Phi) is 47.1. The summed E-state index contributed by atoms with van der Waals surface area (Å²) in [5, 5.41) is 23.1. The van der Waals surface area contributed by atoms with Crippen LogP contribution in [0.5, 0.6) is 0 Å². The standard InChI is InChI=1S/C52H101NO5/c1-3-5-7-9-11-13-15-17-19-20-22-23-25-28-32-36-40-44-50(55)49(48-54)53-51(56)45-41-37-33-29-27-31-35-39-43-47-58-52(57)46-42-38-34-30-26-24-21-18-16-14-12-10-8-6-4-2/h40,44,49-50,54-55H,3-39,41-43,45-48H2,1-2H3,(H,53,56)/b44-40+. The van der Waals surface area contributed by atoms with Crippen molar-refractivity contribution in [3.05, 3.63) is 12.2 Å². The van der Waals surface area contributed by atoms with Crippen LogP contribution in [0.2, 0.25) is 0 Å². The Morgan fingerprint density at radius 3 is 1.17 bits per heavy atom. The summed E-state index contributed by atoms with van der Waals surface area (Å²) in [7, 11) is 0. The number of unbranched alkanes of at least 4 members (excludes halogenated alkanes) is 37. The first-order valence-corrected chi connectivity index (χ1v) is 26.0. The van der Waals surface area contributed by atoms with E-state index in [1.54, 1.807) is 6.08 Å². The number of hydrogen-bond donors (Lipinski definition) is 3. The van der Waals surface area contributed by atoms with E-state index >= 15 is 0 Å². The van der Waals surface area contributed by atoms with E-state index in [-0.39, 0.29) is 18.5 Å². The van der Waals surface area contributed by atoms with Crippen LogP contribution in [0.1, 0.15) is 284 Å². The van der Waals surface area contributed by atoms with E-state index in [4.69, 9.17) is 4.74 Å². The number of carbonyl (C=O) groups excluding carboxylic acids is 2. The lowest BCUT2D eigenvalue weighted by Crippen LogP contribution is -2.45. The van der Waals surface area contributed by atoms with Crippen molar-refractivity contribution in [3.8, 4) is 0 Å². The fraction of sp³-hybridized carbons (Fsp3) is 0.923. The third-order valence-corrected chi connectivity index (χ3v) is 12.1. The van der Waals surface area contributed by atoms with Crippen molar-refractivity contribution in [1.82, 2.24) is 5.32 Å². The second kappa shape index (κ2) is 48.3. The van der Waals surface area contributed by atoms with Crippen LogP contribution in [0.25, 0.3) is 0 Å². The molecule has 2 atom stereocenters. The Hall–Kier alpha value is -1.40. The SMILES string of the molecule is CCCCCCCCCCCCCCCCC/C=C/C(O)C(CO)NC(=O)CCCCCCCCCCCOC(=O)CCCCCCCCCCCCCCCCC.